The number of carbonyl (C=O) groups is 2. The van der Waals surface area contributed by atoms with Crippen LogP contribution in [0.4, 0.5) is 11.4 Å². The van der Waals surface area contributed by atoms with Crippen LogP contribution in [0.1, 0.15) is 31.8 Å². The van der Waals surface area contributed by atoms with Gasteiger partial charge in [0.2, 0.25) is 10.8 Å². The molecular formula is C28H18N4O8S. The minimum atomic E-state index is -5.17. The monoisotopic (exact) mass is 570 g/mol. The summed E-state index contributed by atoms with van der Waals surface area (Å²) in [5.74, 6) is 1.18. The predicted molar refractivity (Wildman–Crippen MR) is 144 cm³/mol. The average Bonchev–Trinajstić information content (AvgIpc) is 3.41. The normalized spacial score (nSPS) is 11.7. The highest BCUT2D eigenvalue weighted by Crippen LogP contribution is 2.41. The smallest absolute Gasteiger partial charge is 0.385 e. The molecule has 41 heavy (non-hydrogen) atoms. The van der Waals surface area contributed by atoms with Crippen LogP contribution in [0.5, 0.6) is 11.5 Å². The van der Waals surface area contributed by atoms with Crippen molar-refractivity contribution in [2.75, 3.05) is 14.2 Å². The number of hydrogen-bond acceptors (Lipinski definition) is 10. The van der Waals surface area contributed by atoms with Crippen LogP contribution in [0.25, 0.3) is 32.2 Å². The molecule has 4 aromatic carbocycles. The van der Waals surface area contributed by atoms with Crippen molar-refractivity contribution in [2.24, 2.45) is 0 Å². The first-order valence-corrected chi connectivity index (χ1v) is 12.9. The van der Waals surface area contributed by atoms with Gasteiger partial charge in [-0.15, -0.1) is 0 Å². The fourth-order valence-electron chi connectivity index (χ4n) is 4.47. The lowest BCUT2D eigenvalue weighted by atomic mass is 10.1. The molecule has 4 aromatic rings. The van der Waals surface area contributed by atoms with Gasteiger partial charge >= 0.3 is 11.4 Å². The van der Waals surface area contributed by atoms with Crippen LogP contribution < -0.4 is 9.47 Å². The number of methoxy groups -OCH3 is 2. The van der Waals surface area contributed by atoms with Crippen LogP contribution in [-0.2, 0) is 10.4 Å². The first-order valence-electron chi connectivity index (χ1n) is 11.6. The second kappa shape index (κ2) is 11.3. The molecule has 2 aliphatic carbocycles. The van der Waals surface area contributed by atoms with E-state index in [0.29, 0.717) is 45.1 Å². The van der Waals surface area contributed by atoms with E-state index in [1.54, 1.807) is 62.8 Å². The molecule has 0 saturated carbocycles. The van der Waals surface area contributed by atoms with Gasteiger partial charge in [-0.05, 0) is 70.8 Å². The van der Waals surface area contributed by atoms with E-state index < -0.39 is 10.4 Å². The first-order chi connectivity index (χ1) is 19.5. The third kappa shape index (κ3) is 5.93. The standard InChI is InChI=1S/2C14H9N2O2.H2O4S/c2*1-18-9-3-5-11-10-4-2-8(16-15)6-12(10)14(17)13(11)7-9;1-5(2,3)4/h2*2-7H,1H3;(H2,1,2,3,4)/q2*+1;/p-2. The number of fused-ring (bicyclic) bond motifs is 6. The Kier molecular flexibility index (Phi) is 7.89. The van der Waals surface area contributed by atoms with Crippen molar-refractivity contribution in [1.29, 1.82) is 10.8 Å². The number of benzene rings is 4. The van der Waals surface area contributed by atoms with E-state index in [0.717, 1.165) is 22.3 Å². The Balaban J connectivity index is 0.000000163. The topological polar surface area (TPSA) is 189 Å². The van der Waals surface area contributed by atoms with Crippen molar-refractivity contribution in [2.45, 2.75) is 0 Å². The van der Waals surface area contributed by atoms with Crippen molar-refractivity contribution in [3.63, 3.8) is 0 Å². The summed E-state index contributed by atoms with van der Waals surface area (Å²) >= 11 is 0. The van der Waals surface area contributed by atoms with Gasteiger partial charge in [0.1, 0.15) is 11.5 Å². The zero-order valence-corrected chi connectivity index (χ0v) is 22.2. The molecule has 0 radical (unpaired) electrons. The molecule has 13 heteroatoms. The molecule has 2 aliphatic rings. The van der Waals surface area contributed by atoms with E-state index in [4.69, 9.17) is 37.8 Å². The molecule has 204 valence electrons. The highest BCUT2D eigenvalue weighted by Gasteiger charge is 2.30. The quantitative estimate of drug-likeness (QED) is 0.147. The third-order valence-corrected chi connectivity index (χ3v) is 6.25. The molecule has 12 nitrogen and oxygen atoms in total. The number of hydrogen-bond donors (Lipinski definition) is 0. The van der Waals surface area contributed by atoms with E-state index in [9.17, 15) is 9.59 Å². The third-order valence-electron chi connectivity index (χ3n) is 6.25. The van der Waals surface area contributed by atoms with Crippen LogP contribution in [0.3, 0.4) is 0 Å². The number of ether oxygens (including phenoxy) is 2. The molecule has 0 aliphatic heterocycles. The molecule has 0 N–H and O–H groups in total. The number of diazo groups is 2. The van der Waals surface area contributed by atoms with Crippen molar-refractivity contribution >= 4 is 33.3 Å². The molecule has 0 aromatic heterocycles. The predicted octanol–water partition coefficient (Wildman–Crippen LogP) is 5.44. The number of nitrogens with zero attached hydrogens (tertiary/aromatic N) is 4. The van der Waals surface area contributed by atoms with E-state index >= 15 is 0 Å². The summed E-state index contributed by atoms with van der Waals surface area (Å²) in [5, 5.41) is 17.5. The van der Waals surface area contributed by atoms with Crippen LogP contribution in [0.15, 0.2) is 72.8 Å². The zero-order valence-electron chi connectivity index (χ0n) is 21.4. The molecule has 0 heterocycles. The second-order valence-corrected chi connectivity index (χ2v) is 9.37. The van der Waals surface area contributed by atoms with Crippen LogP contribution >= 0.6 is 0 Å². The van der Waals surface area contributed by atoms with Crippen LogP contribution in [0.2, 0.25) is 0 Å². The van der Waals surface area contributed by atoms with E-state index in [1.807, 2.05) is 24.3 Å². The summed E-state index contributed by atoms with van der Waals surface area (Å²) in [7, 11) is -2.03. The fraction of sp³-hybridized carbons (Fsp3) is 0.0714. The van der Waals surface area contributed by atoms with Gasteiger partial charge in [-0.25, -0.2) is 0 Å². The molecule has 6 rings (SSSR count). The van der Waals surface area contributed by atoms with Gasteiger partial charge in [-0.1, -0.05) is 0 Å². The Morgan fingerprint density at radius 3 is 1.15 bits per heavy atom. The van der Waals surface area contributed by atoms with Gasteiger partial charge in [0.05, 0.1) is 14.2 Å². The highest BCUT2D eigenvalue weighted by atomic mass is 32.3. The van der Waals surface area contributed by atoms with Crippen LogP contribution in [-0.4, -0.2) is 43.3 Å². The van der Waals surface area contributed by atoms with E-state index in [-0.39, 0.29) is 11.6 Å². The van der Waals surface area contributed by atoms with Gasteiger partial charge in [-0.2, -0.15) is 0 Å². The summed E-state index contributed by atoms with van der Waals surface area (Å²) in [6, 6.07) is 21.0. The molecule has 0 spiro atoms. The van der Waals surface area contributed by atoms with Crippen molar-refractivity contribution in [3.8, 4) is 33.8 Å². The SMILES string of the molecule is COc1ccc2c(c1)C(=O)c1cc([N+]#N)ccc1-2.COc1ccc2c(c1)C(=O)c1cc([N+]#N)ccc1-2.O=S(=O)([O-])[O-]. The Morgan fingerprint density at radius 2 is 0.854 bits per heavy atom. The van der Waals surface area contributed by atoms with Crippen LogP contribution in [0, 0.1) is 10.8 Å². The lowest BCUT2D eigenvalue weighted by Crippen LogP contribution is -1.95. The summed E-state index contributed by atoms with van der Waals surface area (Å²) in [6.45, 7) is 0. The summed E-state index contributed by atoms with van der Waals surface area (Å²) in [5.41, 5.74) is 6.64. The average molecular weight is 571 g/mol. The zero-order chi connectivity index (χ0) is 29.9. The Hall–Kier alpha value is -5.47. The molecule has 0 unspecified atom stereocenters. The number of ketones is 2. The first kappa shape index (κ1) is 28.5. The summed E-state index contributed by atoms with van der Waals surface area (Å²) in [6.07, 6.45) is 0. The van der Waals surface area contributed by atoms with Crippen molar-refractivity contribution in [1.82, 2.24) is 0 Å². The molecule has 0 amide bonds. The van der Waals surface area contributed by atoms with Crippen molar-refractivity contribution in [3.05, 3.63) is 105 Å². The van der Waals surface area contributed by atoms with Gasteiger partial charge in [0.25, 0.3) is 0 Å². The Bertz CT molecular complexity index is 1790. The van der Waals surface area contributed by atoms with Gasteiger partial charge in [0.15, 0.2) is 21.5 Å². The highest BCUT2D eigenvalue weighted by molar-refractivity contribution is 7.79. The lowest BCUT2D eigenvalue weighted by molar-refractivity contribution is 0.103. The van der Waals surface area contributed by atoms with Gasteiger partial charge in [-0.3, -0.25) is 18.0 Å². The van der Waals surface area contributed by atoms with E-state index in [1.165, 1.54) is 0 Å². The lowest BCUT2D eigenvalue weighted by Gasteiger charge is -2.06. The summed E-state index contributed by atoms with van der Waals surface area (Å²) in [4.78, 5) is 30.7. The Morgan fingerprint density at radius 1 is 0.561 bits per heavy atom. The van der Waals surface area contributed by atoms with E-state index in [2.05, 4.69) is 9.95 Å². The fourth-order valence-corrected chi connectivity index (χ4v) is 4.47. The molecular weight excluding hydrogens is 552 g/mol. The van der Waals surface area contributed by atoms with Gasteiger partial charge in [0, 0.05) is 56.9 Å². The largest absolute Gasteiger partial charge is 0.759 e. The number of carbonyl (C=O) groups excluding carboxylic acids is 2. The minimum absolute atomic E-state index is 0.0654. The molecule has 0 fully saturated rings. The second-order valence-electron chi connectivity index (χ2n) is 8.55. The maximum absolute atomic E-state index is 12.2. The molecule has 0 atom stereocenters. The van der Waals surface area contributed by atoms with Crippen molar-refractivity contribution < 1.29 is 36.6 Å². The molecule has 0 bridgehead atoms. The van der Waals surface area contributed by atoms with Gasteiger partial charge < -0.3 is 18.6 Å². The maximum Gasteiger partial charge on any atom is 0.385 e. The minimum Gasteiger partial charge on any atom is -0.759 e. The maximum atomic E-state index is 12.2. The Labute approximate surface area is 233 Å². The number of rotatable bonds is 2. The molecule has 0 saturated heterocycles. The summed E-state index contributed by atoms with van der Waals surface area (Å²) < 4.78 is 44.3.